The van der Waals surface area contributed by atoms with Gasteiger partial charge in [-0.25, -0.2) is 0 Å². The van der Waals surface area contributed by atoms with E-state index in [1.54, 1.807) is 24.3 Å². The number of nitrogens with two attached hydrogens (primary N) is 1. The minimum Gasteiger partial charge on any atom is -0.463 e. The minimum atomic E-state index is -1.75. The van der Waals surface area contributed by atoms with E-state index in [1.807, 2.05) is 0 Å². The van der Waals surface area contributed by atoms with Crippen LogP contribution in [-0.4, -0.2) is 111 Å². The minimum absolute atomic E-state index is 0.309. The number of amides is 1. The highest BCUT2D eigenvalue weighted by atomic mass is 16.7. The summed E-state index contributed by atoms with van der Waals surface area (Å²) in [7, 11) is 0. The van der Waals surface area contributed by atoms with Crippen molar-refractivity contribution in [3.63, 3.8) is 0 Å². The zero-order valence-corrected chi connectivity index (χ0v) is 17.8. The van der Waals surface area contributed by atoms with Crippen molar-refractivity contribution in [1.29, 1.82) is 0 Å². The lowest BCUT2D eigenvalue weighted by molar-refractivity contribution is -0.339. The van der Waals surface area contributed by atoms with Crippen LogP contribution in [0.5, 0.6) is 5.75 Å². The number of benzene rings is 1. The van der Waals surface area contributed by atoms with Gasteiger partial charge in [-0.3, -0.25) is 4.79 Å². The SMILES string of the molecule is CC(=O)N[C@H]1[C@H](Oc2ccc(N)cc2)O[C@H](CO)[C@@H](O)[C@@H]1O[C@@H]1O[C@H](CO)[C@H](O)[C@H](O)[C@H]1O. The van der Waals surface area contributed by atoms with Gasteiger partial charge in [0.15, 0.2) is 6.29 Å². The fourth-order valence-corrected chi connectivity index (χ4v) is 3.73. The summed E-state index contributed by atoms with van der Waals surface area (Å²) in [5.41, 5.74) is 6.16. The van der Waals surface area contributed by atoms with Crippen molar-refractivity contribution in [3.05, 3.63) is 24.3 Å². The van der Waals surface area contributed by atoms with Crippen LogP contribution >= 0.6 is 0 Å². The van der Waals surface area contributed by atoms with Crippen LogP contribution in [0, 0.1) is 0 Å². The Morgan fingerprint density at radius 1 is 0.939 bits per heavy atom. The van der Waals surface area contributed by atoms with Gasteiger partial charge in [-0.1, -0.05) is 0 Å². The molecule has 0 aromatic heterocycles. The average molecular weight is 474 g/mol. The Labute approximate surface area is 189 Å². The molecule has 0 unspecified atom stereocenters. The summed E-state index contributed by atoms with van der Waals surface area (Å²) in [5, 5.41) is 62.7. The van der Waals surface area contributed by atoms with Crippen molar-refractivity contribution in [2.24, 2.45) is 0 Å². The molecule has 1 aromatic rings. The normalized spacial score (nSPS) is 39.1. The Morgan fingerprint density at radius 3 is 2.09 bits per heavy atom. The molecule has 186 valence electrons. The number of carbonyl (C=O) groups is 1. The Hall–Kier alpha value is -2.07. The number of hydrogen-bond donors (Lipinski definition) is 8. The molecule has 33 heavy (non-hydrogen) atoms. The summed E-state index contributed by atoms with van der Waals surface area (Å²) in [6.07, 6.45) is -13.3. The van der Waals surface area contributed by atoms with Gasteiger partial charge in [0.25, 0.3) is 0 Å². The number of ether oxygens (including phenoxy) is 4. The van der Waals surface area contributed by atoms with E-state index in [0.29, 0.717) is 11.4 Å². The van der Waals surface area contributed by atoms with E-state index in [4.69, 9.17) is 24.7 Å². The van der Waals surface area contributed by atoms with Crippen molar-refractivity contribution in [3.8, 4) is 5.75 Å². The maximum atomic E-state index is 11.9. The van der Waals surface area contributed by atoms with E-state index in [-0.39, 0.29) is 0 Å². The molecule has 2 heterocycles. The van der Waals surface area contributed by atoms with Crippen molar-refractivity contribution < 1.29 is 54.4 Å². The van der Waals surface area contributed by atoms with Gasteiger partial charge >= 0.3 is 0 Å². The molecule has 2 fully saturated rings. The summed E-state index contributed by atoms with van der Waals surface area (Å²) in [5.74, 6) is -0.212. The molecule has 2 saturated heterocycles. The topological polar surface area (TPSA) is 213 Å². The number of carbonyl (C=O) groups excluding carboxylic acids is 1. The van der Waals surface area contributed by atoms with Gasteiger partial charge in [-0.05, 0) is 24.3 Å². The first-order valence-corrected chi connectivity index (χ1v) is 10.4. The molecule has 2 aliphatic rings. The van der Waals surface area contributed by atoms with E-state index in [9.17, 15) is 35.4 Å². The third-order valence-corrected chi connectivity index (χ3v) is 5.50. The van der Waals surface area contributed by atoms with Crippen LogP contribution in [0.1, 0.15) is 6.92 Å². The van der Waals surface area contributed by atoms with E-state index >= 15 is 0 Å². The lowest BCUT2D eigenvalue weighted by Crippen LogP contribution is -2.68. The Balaban J connectivity index is 1.88. The zero-order chi connectivity index (χ0) is 24.3. The van der Waals surface area contributed by atoms with Gasteiger partial charge in [-0.2, -0.15) is 0 Å². The number of anilines is 1. The molecule has 13 nitrogen and oxygen atoms in total. The molecule has 0 spiro atoms. The van der Waals surface area contributed by atoms with Crippen LogP contribution in [0.4, 0.5) is 5.69 Å². The Morgan fingerprint density at radius 2 is 1.52 bits per heavy atom. The third-order valence-electron chi connectivity index (χ3n) is 5.50. The highest BCUT2D eigenvalue weighted by Gasteiger charge is 2.52. The summed E-state index contributed by atoms with van der Waals surface area (Å²) < 4.78 is 22.5. The van der Waals surface area contributed by atoms with Crippen LogP contribution in [0.3, 0.4) is 0 Å². The fraction of sp³-hybridized carbons (Fsp3) is 0.650. The maximum absolute atomic E-state index is 11.9. The Kier molecular flexibility index (Phi) is 8.44. The van der Waals surface area contributed by atoms with Gasteiger partial charge in [0.1, 0.15) is 54.5 Å². The lowest BCUT2D eigenvalue weighted by Gasteiger charge is -2.47. The largest absolute Gasteiger partial charge is 0.463 e. The van der Waals surface area contributed by atoms with E-state index in [1.165, 1.54) is 6.92 Å². The molecular weight excluding hydrogens is 444 g/mol. The average Bonchev–Trinajstić information content (AvgIpc) is 2.79. The van der Waals surface area contributed by atoms with Gasteiger partial charge in [0.2, 0.25) is 12.2 Å². The third kappa shape index (κ3) is 5.71. The van der Waals surface area contributed by atoms with Crippen LogP contribution in [0.25, 0.3) is 0 Å². The quantitative estimate of drug-likeness (QED) is 0.180. The van der Waals surface area contributed by atoms with E-state index in [2.05, 4.69) is 5.32 Å². The van der Waals surface area contributed by atoms with Crippen LogP contribution in [0.2, 0.25) is 0 Å². The molecule has 3 rings (SSSR count). The first-order valence-electron chi connectivity index (χ1n) is 10.4. The molecule has 0 bridgehead atoms. The monoisotopic (exact) mass is 474 g/mol. The summed E-state index contributed by atoms with van der Waals surface area (Å²) in [6, 6.07) is 5.09. The first-order chi connectivity index (χ1) is 15.7. The highest BCUT2D eigenvalue weighted by Crippen LogP contribution is 2.30. The highest BCUT2D eigenvalue weighted by molar-refractivity contribution is 5.73. The number of rotatable bonds is 7. The van der Waals surface area contributed by atoms with Gasteiger partial charge in [0, 0.05) is 12.6 Å². The van der Waals surface area contributed by atoms with Crippen LogP contribution in [0.15, 0.2) is 24.3 Å². The predicted octanol–water partition coefficient (Wildman–Crippen LogP) is -3.58. The van der Waals surface area contributed by atoms with Crippen molar-refractivity contribution >= 4 is 11.6 Å². The first kappa shape index (κ1) is 25.6. The number of aliphatic hydroxyl groups excluding tert-OH is 6. The lowest BCUT2D eigenvalue weighted by atomic mass is 9.95. The second-order valence-corrected chi connectivity index (χ2v) is 7.93. The van der Waals surface area contributed by atoms with Crippen molar-refractivity contribution in [2.45, 2.75) is 68.3 Å². The predicted molar refractivity (Wildman–Crippen MR) is 109 cm³/mol. The number of nitrogens with one attached hydrogen (secondary N) is 1. The molecule has 13 heteroatoms. The fourth-order valence-electron chi connectivity index (χ4n) is 3.73. The summed E-state index contributed by atoms with van der Waals surface area (Å²) in [4.78, 5) is 11.9. The molecule has 0 aliphatic carbocycles. The molecule has 9 N–H and O–H groups in total. The van der Waals surface area contributed by atoms with Crippen LogP contribution in [-0.2, 0) is 19.0 Å². The molecular formula is C20H30N2O11. The van der Waals surface area contributed by atoms with E-state index < -0.39 is 80.5 Å². The standard InChI is InChI=1S/C20H30N2O11/c1-8(25)22-13-18(33-20-17(29)16(28)14(26)11(6-23)32-20)15(27)12(7-24)31-19(13)30-10-4-2-9(21)3-5-10/h2-5,11-20,23-24,26-29H,6-7,21H2,1H3,(H,22,25)/t11-,12-,13-,14+,15-,16+,17-,18-,19-,20+/m1/s1. The van der Waals surface area contributed by atoms with Crippen molar-refractivity contribution in [2.75, 3.05) is 18.9 Å². The second kappa shape index (κ2) is 10.9. The van der Waals surface area contributed by atoms with Gasteiger partial charge in [0.05, 0.1) is 13.2 Å². The van der Waals surface area contributed by atoms with Gasteiger partial charge in [-0.15, -0.1) is 0 Å². The summed E-state index contributed by atoms with van der Waals surface area (Å²) >= 11 is 0. The summed E-state index contributed by atoms with van der Waals surface area (Å²) in [6.45, 7) is -0.0990. The maximum Gasteiger partial charge on any atom is 0.223 e. The van der Waals surface area contributed by atoms with E-state index in [0.717, 1.165) is 0 Å². The van der Waals surface area contributed by atoms with Crippen LogP contribution < -0.4 is 15.8 Å². The number of aliphatic hydroxyl groups is 6. The molecule has 0 radical (unpaired) electrons. The van der Waals surface area contributed by atoms with Crippen molar-refractivity contribution in [1.82, 2.24) is 5.32 Å². The zero-order valence-electron chi connectivity index (χ0n) is 17.8. The second-order valence-electron chi connectivity index (χ2n) is 7.93. The van der Waals surface area contributed by atoms with Gasteiger partial charge < -0.3 is 60.6 Å². The molecule has 0 saturated carbocycles. The molecule has 1 aromatic carbocycles. The number of hydrogen-bond acceptors (Lipinski definition) is 12. The smallest absolute Gasteiger partial charge is 0.223 e. The molecule has 2 aliphatic heterocycles. The molecule has 10 atom stereocenters. The molecule has 1 amide bonds. The number of nitrogen functional groups attached to an aromatic ring is 1. The Bertz CT molecular complexity index is 780.